The Bertz CT molecular complexity index is 475. The molecule has 4 nitrogen and oxygen atoms in total. The lowest BCUT2D eigenvalue weighted by Gasteiger charge is -2.32. The van der Waals surface area contributed by atoms with Crippen LogP contribution in [0.2, 0.25) is 0 Å². The Labute approximate surface area is 140 Å². The molecule has 1 aromatic carbocycles. The number of hydrogen-bond donors (Lipinski definition) is 1. The largest absolute Gasteiger partial charge is 0.507 e. The molecule has 0 aromatic heterocycles. The van der Waals surface area contributed by atoms with Gasteiger partial charge in [-0.1, -0.05) is 15.9 Å². The molecule has 0 atom stereocenters. The topological polar surface area (TPSA) is 49.8 Å². The fourth-order valence-electron chi connectivity index (χ4n) is 2.29. The van der Waals surface area contributed by atoms with Crippen molar-refractivity contribution in [3.63, 3.8) is 0 Å². The van der Waals surface area contributed by atoms with E-state index in [9.17, 15) is 9.90 Å². The van der Waals surface area contributed by atoms with Crippen LogP contribution in [0.4, 0.5) is 0 Å². The maximum atomic E-state index is 12.4. The van der Waals surface area contributed by atoms with Gasteiger partial charge in [0.1, 0.15) is 5.75 Å². The van der Waals surface area contributed by atoms with Crippen LogP contribution in [0.3, 0.4) is 0 Å². The number of nitrogens with zero attached hydrogens (tertiary/aromatic N) is 1. The zero-order valence-corrected chi connectivity index (χ0v) is 14.8. The summed E-state index contributed by atoms with van der Waals surface area (Å²) in [6, 6.07) is 5.08. The van der Waals surface area contributed by atoms with E-state index in [0.29, 0.717) is 25.3 Å². The molecule has 110 valence electrons. The van der Waals surface area contributed by atoms with Crippen molar-refractivity contribution < 1.29 is 14.6 Å². The first kappa shape index (κ1) is 16.0. The molecule has 2 rings (SSSR count). The predicted molar refractivity (Wildman–Crippen MR) is 89.5 cm³/mol. The van der Waals surface area contributed by atoms with E-state index in [1.807, 2.05) is 0 Å². The van der Waals surface area contributed by atoms with Crippen LogP contribution in [-0.2, 0) is 4.74 Å². The number of piperidine rings is 1. The molecular weight excluding hydrogens is 437 g/mol. The minimum atomic E-state index is -0.0973. The van der Waals surface area contributed by atoms with Gasteiger partial charge in [-0.25, -0.2) is 0 Å². The number of phenolic OH excluding ortho intramolecular Hbond substituents is 1. The van der Waals surface area contributed by atoms with Gasteiger partial charge >= 0.3 is 0 Å². The number of rotatable bonds is 4. The number of likely N-dealkylation sites (tertiary alicyclic amines) is 1. The molecule has 1 N–H and O–H groups in total. The summed E-state index contributed by atoms with van der Waals surface area (Å²) in [4.78, 5) is 14.2. The average molecular weight is 454 g/mol. The van der Waals surface area contributed by atoms with Crippen LogP contribution in [0.25, 0.3) is 0 Å². The molecule has 0 aliphatic carbocycles. The van der Waals surface area contributed by atoms with Gasteiger partial charge in [0.15, 0.2) is 0 Å². The fourth-order valence-corrected chi connectivity index (χ4v) is 2.96. The van der Waals surface area contributed by atoms with Crippen molar-refractivity contribution in [2.75, 3.05) is 25.0 Å². The van der Waals surface area contributed by atoms with Crippen LogP contribution in [0.1, 0.15) is 23.2 Å². The van der Waals surface area contributed by atoms with E-state index in [-0.39, 0.29) is 17.8 Å². The van der Waals surface area contributed by atoms with Gasteiger partial charge in [-0.3, -0.25) is 4.79 Å². The number of aromatic hydroxyl groups is 1. The Balaban J connectivity index is 1.96. The van der Waals surface area contributed by atoms with Crippen LogP contribution < -0.4 is 0 Å². The maximum absolute atomic E-state index is 12.4. The zero-order valence-electron chi connectivity index (χ0n) is 11.0. The minimum Gasteiger partial charge on any atom is -0.507 e. The number of ether oxygens (including phenoxy) is 1. The first-order chi connectivity index (χ1) is 9.61. The molecule has 0 bridgehead atoms. The number of carbonyl (C=O) groups excluding carboxylic acids is 1. The number of halogens is 2. The average Bonchev–Trinajstić information content (AvgIpc) is 2.47. The van der Waals surface area contributed by atoms with Gasteiger partial charge < -0.3 is 14.7 Å². The van der Waals surface area contributed by atoms with E-state index < -0.39 is 0 Å². The second kappa shape index (κ2) is 7.61. The Hall–Kier alpha value is -0.340. The maximum Gasteiger partial charge on any atom is 0.257 e. The van der Waals surface area contributed by atoms with Gasteiger partial charge in [-0.2, -0.15) is 0 Å². The highest BCUT2D eigenvalue weighted by atomic mass is 127. The fraction of sp³-hybridized carbons (Fsp3) is 0.500. The molecule has 0 spiro atoms. The quantitative estimate of drug-likeness (QED) is 0.563. The molecule has 0 radical (unpaired) electrons. The minimum absolute atomic E-state index is 0.0491. The van der Waals surface area contributed by atoms with Crippen molar-refractivity contribution in [3.05, 3.63) is 27.3 Å². The summed E-state index contributed by atoms with van der Waals surface area (Å²) in [5, 5.41) is 10.7. The summed E-state index contributed by atoms with van der Waals surface area (Å²) in [6.07, 6.45) is 1.94. The van der Waals surface area contributed by atoms with Gasteiger partial charge in [-0.15, -0.1) is 0 Å². The molecule has 1 heterocycles. The van der Waals surface area contributed by atoms with E-state index in [0.717, 1.165) is 21.7 Å². The summed E-state index contributed by atoms with van der Waals surface area (Å²) in [7, 11) is 0. The van der Waals surface area contributed by atoms with Gasteiger partial charge in [0.05, 0.1) is 18.3 Å². The third-order valence-corrected chi connectivity index (χ3v) is 4.34. The highest BCUT2D eigenvalue weighted by molar-refractivity contribution is 14.1. The van der Waals surface area contributed by atoms with E-state index in [1.54, 1.807) is 23.1 Å². The van der Waals surface area contributed by atoms with Crippen LogP contribution in [0.15, 0.2) is 18.2 Å². The Morgan fingerprint density at radius 3 is 2.80 bits per heavy atom. The smallest absolute Gasteiger partial charge is 0.257 e. The van der Waals surface area contributed by atoms with Gasteiger partial charge in [-0.05, 0) is 53.6 Å². The second-order valence-electron chi connectivity index (χ2n) is 4.71. The monoisotopic (exact) mass is 453 g/mol. The van der Waals surface area contributed by atoms with Crippen molar-refractivity contribution in [2.24, 2.45) is 0 Å². The van der Waals surface area contributed by atoms with E-state index >= 15 is 0 Å². The first-order valence-corrected chi connectivity index (χ1v) is 8.77. The van der Waals surface area contributed by atoms with Crippen molar-refractivity contribution in [1.29, 1.82) is 0 Å². The number of amides is 1. The summed E-state index contributed by atoms with van der Waals surface area (Å²) in [5.41, 5.74) is 0.386. The van der Waals surface area contributed by atoms with Crippen molar-refractivity contribution in [2.45, 2.75) is 18.9 Å². The number of alkyl halides is 1. The Morgan fingerprint density at radius 2 is 2.15 bits per heavy atom. The number of hydrogen-bond acceptors (Lipinski definition) is 3. The van der Waals surface area contributed by atoms with Crippen molar-refractivity contribution in [1.82, 2.24) is 4.90 Å². The standard InChI is InChI=1S/C14H17BrINO3/c15-5-8-20-11-3-6-17(7-4-11)14(19)12-9-10(16)1-2-13(12)18/h1-2,9,11,18H,3-8H2. The number of benzene rings is 1. The first-order valence-electron chi connectivity index (χ1n) is 6.57. The number of carbonyl (C=O) groups is 1. The summed E-state index contributed by atoms with van der Waals surface area (Å²) >= 11 is 5.48. The SMILES string of the molecule is O=C(c1cc(I)ccc1O)N1CCC(OCCBr)CC1. The lowest BCUT2D eigenvalue weighted by atomic mass is 10.1. The second-order valence-corrected chi connectivity index (χ2v) is 6.75. The summed E-state index contributed by atoms with van der Waals surface area (Å²) < 4.78 is 6.62. The van der Waals surface area contributed by atoms with Crippen LogP contribution in [-0.4, -0.2) is 47.0 Å². The third kappa shape index (κ3) is 4.08. The highest BCUT2D eigenvalue weighted by Crippen LogP contribution is 2.23. The summed E-state index contributed by atoms with van der Waals surface area (Å²) in [6.45, 7) is 2.06. The Kier molecular flexibility index (Phi) is 6.10. The molecule has 0 unspecified atom stereocenters. The lowest BCUT2D eigenvalue weighted by Crippen LogP contribution is -2.41. The molecule has 1 aromatic rings. The molecule has 1 amide bonds. The van der Waals surface area contributed by atoms with Gasteiger partial charge in [0.25, 0.3) is 5.91 Å². The highest BCUT2D eigenvalue weighted by Gasteiger charge is 2.25. The predicted octanol–water partition coefficient (Wildman–Crippen LogP) is 3.01. The molecule has 1 aliphatic rings. The number of phenols is 1. The van der Waals surface area contributed by atoms with E-state index in [1.165, 1.54) is 0 Å². The zero-order chi connectivity index (χ0) is 14.5. The van der Waals surface area contributed by atoms with Crippen molar-refractivity contribution >= 4 is 44.4 Å². The van der Waals surface area contributed by atoms with Gasteiger partial charge in [0.2, 0.25) is 0 Å². The molecule has 1 aliphatic heterocycles. The molecule has 1 fully saturated rings. The molecule has 0 saturated carbocycles. The Morgan fingerprint density at radius 1 is 1.45 bits per heavy atom. The van der Waals surface area contributed by atoms with Crippen molar-refractivity contribution in [3.8, 4) is 5.75 Å². The van der Waals surface area contributed by atoms with Crippen LogP contribution in [0, 0.1) is 3.57 Å². The molecule has 20 heavy (non-hydrogen) atoms. The van der Waals surface area contributed by atoms with Crippen LogP contribution in [0.5, 0.6) is 5.75 Å². The van der Waals surface area contributed by atoms with E-state index in [2.05, 4.69) is 38.5 Å². The normalized spacial score (nSPS) is 16.4. The van der Waals surface area contributed by atoms with Crippen LogP contribution >= 0.6 is 38.5 Å². The molecular formula is C14H17BrINO3. The summed E-state index contributed by atoms with van der Waals surface area (Å²) in [5.74, 6) is -0.0481. The van der Waals surface area contributed by atoms with E-state index in [4.69, 9.17) is 4.74 Å². The molecule has 6 heteroatoms. The third-order valence-electron chi connectivity index (χ3n) is 3.35. The lowest BCUT2D eigenvalue weighted by molar-refractivity contribution is 0.0159. The van der Waals surface area contributed by atoms with Gasteiger partial charge in [0, 0.05) is 22.0 Å². The molecule has 1 saturated heterocycles.